The summed E-state index contributed by atoms with van der Waals surface area (Å²) in [5.41, 5.74) is 5.78. The summed E-state index contributed by atoms with van der Waals surface area (Å²) < 4.78 is 0. The van der Waals surface area contributed by atoms with Crippen LogP contribution in [-0.4, -0.2) is 16.1 Å². The summed E-state index contributed by atoms with van der Waals surface area (Å²) in [7, 11) is 0. The van der Waals surface area contributed by atoms with Crippen LogP contribution in [-0.2, 0) is 6.42 Å². The summed E-state index contributed by atoms with van der Waals surface area (Å²) >= 11 is 0. The molecule has 0 atom stereocenters. The lowest BCUT2D eigenvalue weighted by Gasteiger charge is -2.14. The Morgan fingerprint density at radius 2 is 1.73 bits per heavy atom. The Balaban J connectivity index is 2.66. The van der Waals surface area contributed by atoms with Crippen molar-refractivity contribution in [2.75, 3.05) is 0 Å². The van der Waals surface area contributed by atoms with Crippen LogP contribution in [0.2, 0.25) is 0 Å². The molecule has 1 aromatic rings. The highest BCUT2D eigenvalue weighted by atomic mass is 16.5. The first-order chi connectivity index (χ1) is 5.08. The van der Waals surface area contributed by atoms with Gasteiger partial charge in [0.25, 0.3) is 0 Å². The molecule has 0 fully saturated rings. The van der Waals surface area contributed by atoms with Gasteiger partial charge in [-0.25, -0.2) is 0 Å². The summed E-state index contributed by atoms with van der Waals surface area (Å²) in [6, 6.07) is 9.07. The lowest BCUT2D eigenvalue weighted by molar-refractivity contribution is -0.153. The number of hydrogen-bond acceptors (Lipinski definition) is 3. The third-order valence-corrected chi connectivity index (χ3v) is 1.31. The molecule has 0 aliphatic carbocycles. The van der Waals surface area contributed by atoms with Crippen LogP contribution < -0.4 is 5.73 Å². The highest BCUT2D eigenvalue weighted by molar-refractivity contribution is 5.15. The molecule has 4 N–H and O–H groups in total. The molecule has 60 valence electrons. The van der Waals surface area contributed by atoms with Crippen molar-refractivity contribution in [3.8, 4) is 0 Å². The Bertz CT molecular complexity index is 215. The van der Waals surface area contributed by atoms with E-state index in [9.17, 15) is 0 Å². The molecule has 0 unspecified atom stereocenters. The van der Waals surface area contributed by atoms with E-state index in [1.807, 2.05) is 18.2 Å². The van der Waals surface area contributed by atoms with Gasteiger partial charge in [-0.1, -0.05) is 30.3 Å². The first-order valence-electron chi connectivity index (χ1n) is 3.35. The monoisotopic (exact) mass is 153 g/mol. The maximum atomic E-state index is 8.80. The SMILES string of the molecule is NC(O)(O)Cc1ccccc1. The molecule has 0 aliphatic heterocycles. The summed E-state index contributed by atoms with van der Waals surface area (Å²) in [5, 5.41) is 17.6. The van der Waals surface area contributed by atoms with Crippen LogP contribution in [0.4, 0.5) is 0 Å². The standard InChI is InChI=1S/C8H11NO2/c9-8(10,11)6-7-4-2-1-3-5-7/h1-5,10-11H,6,9H2. The summed E-state index contributed by atoms with van der Waals surface area (Å²) in [6.07, 6.45) is 0.0494. The van der Waals surface area contributed by atoms with Crippen molar-refractivity contribution in [2.45, 2.75) is 12.3 Å². The van der Waals surface area contributed by atoms with Gasteiger partial charge in [-0.2, -0.15) is 0 Å². The summed E-state index contributed by atoms with van der Waals surface area (Å²) in [4.78, 5) is 0. The zero-order valence-corrected chi connectivity index (χ0v) is 6.07. The maximum absolute atomic E-state index is 8.80. The zero-order valence-electron chi connectivity index (χ0n) is 6.07. The average molecular weight is 153 g/mol. The molecule has 3 nitrogen and oxygen atoms in total. The highest BCUT2D eigenvalue weighted by Crippen LogP contribution is 2.04. The predicted octanol–water partition coefficient (Wildman–Crippen LogP) is -0.174. The van der Waals surface area contributed by atoms with Crippen LogP contribution in [0.5, 0.6) is 0 Å². The zero-order chi connectivity index (χ0) is 8.32. The number of rotatable bonds is 2. The highest BCUT2D eigenvalue weighted by Gasteiger charge is 2.15. The molecule has 1 aromatic carbocycles. The van der Waals surface area contributed by atoms with Gasteiger partial charge < -0.3 is 10.2 Å². The minimum atomic E-state index is -2.10. The van der Waals surface area contributed by atoms with E-state index in [-0.39, 0.29) is 6.42 Å². The molecular formula is C8H11NO2. The van der Waals surface area contributed by atoms with Crippen molar-refractivity contribution in [3.05, 3.63) is 35.9 Å². The molecule has 3 heteroatoms. The van der Waals surface area contributed by atoms with Gasteiger partial charge in [-0.3, -0.25) is 5.73 Å². The Labute approximate surface area is 65.1 Å². The second-order valence-electron chi connectivity index (χ2n) is 2.54. The Morgan fingerprint density at radius 3 is 2.18 bits per heavy atom. The number of aliphatic hydroxyl groups is 2. The van der Waals surface area contributed by atoms with E-state index in [2.05, 4.69) is 0 Å². The van der Waals surface area contributed by atoms with Crippen molar-refractivity contribution in [1.82, 2.24) is 0 Å². The largest absolute Gasteiger partial charge is 0.353 e. The Hall–Kier alpha value is -0.900. The van der Waals surface area contributed by atoms with Crippen LogP contribution >= 0.6 is 0 Å². The van der Waals surface area contributed by atoms with Crippen molar-refractivity contribution >= 4 is 0 Å². The number of hydrogen-bond donors (Lipinski definition) is 3. The summed E-state index contributed by atoms with van der Waals surface area (Å²) in [6.45, 7) is 0. The van der Waals surface area contributed by atoms with Gasteiger partial charge >= 0.3 is 0 Å². The van der Waals surface area contributed by atoms with Crippen LogP contribution in [0.15, 0.2) is 30.3 Å². The minimum absolute atomic E-state index is 0.0494. The van der Waals surface area contributed by atoms with Gasteiger partial charge in [-0.15, -0.1) is 0 Å². The first kappa shape index (κ1) is 8.20. The quantitative estimate of drug-likeness (QED) is 0.516. The van der Waals surface area contributed by atoms with Crippen LogP contribution in [0, 0.1) is 0 Å². The molecule has 11 heavy (non-hydrogen) atoms. The van der Waals surface area contributed by atoms with Gasteiger partial charge in [-0.05, 0) is 5.56 Å². The van der Waals surface area contributed by atoms with Crippen molar-refractivity contribution in [1.29, 1.82) is 0 Å². The molecule has 0 saturated carbocycles. The molecule has 1 rings (SSSR count). The van der Waals surface area contributed by atoms with Gasteiger partial charge in [0, 0.05) is 6.42 Å². The second kappa shape index (κ2) is 3.00. The van der Waals surface area contributed by atoms with E-state index in [1.165, 1.54) is 0 Å². The molecule has 0 bridgehead atoms. The molecular weight excluding hydrogens is 142 g/mol. The van der Waals surface area contributed by atoms with Gasteiger partial charge in [0.15, 0.2) is 0 Å². The topological polar surface area (TPSA) is 66.5 Å². The van der Waals surface area contributed by atoms with Crippen LogP contribution in [0.3, 0.4) is 0 Å². The number of benzene rings is 1. The smallest absolute Gasteiger partial charge is 0.223 e. The van der Waals surface area contributed by atoms with Gasteiger partial charge in [0.1, 0.15) is 0 Å². The lowest BCUT2D eigenvalue weighted by Crippen LogP contribution is -2.41. The fraction of sp³-hybridized carbons (Fsp3) is 0.250. The Morgan fingerprint density at radius 1 is 1.18 bits per heavy atom. The predicted molar refractivity (Wildman–Crippen MR) is 41.5 cm³/mol. The third-order valence-electron chi connectivity index (χ3n) is 1.31. The fourth-order valence-corrected chi connectivity index (χ4v) is 0.896. The molecule has 0 amide bonds. The van der Waals surface area contributed by atoms with Gasteiger partial charge in [0.2, 0.25) is 5.91 Å². The van der Waals surface area contributed by atoms with Crippen molar-refractivity contribution < 1.29 is 10.2 Å². The van der Waals surface area contributed by atoms with Crippen LogP contribution in [0.1, 0.15) is 5.56 Å². The van der Waals surface area contributed by atoms with E-state index in [1.54, 1.807) is 12.1 Å². The molecule has 0 radical (unpaired) electrons. The average Bonchev–Trinajstić information content (AvgIpc) is 1.85. The van der Waals surface area contributed by atoms with Gasteiger partial charge in [0.05, 0.1) is 0 Å². The Kier molecular flexibility index (Phi) is 2.24. The van der Waals surface area contributed by atoms with Crippen LogP contribution in [0.25, 0.3) is 0 Å². The molecule has 0 heterocycles. The van der Waals surface area contributed by atoms with Crippen molar-refractivity contribution in [2.24, 2.45) is 5.73 Å². The lowest BCUT2D eigenvalue weighted by atomic mass is 10.1. The van der Waals surface area contributed by atoms with E-state index >= 15 is 0 Å². The van der Waals surface area contributed by atoms with Crippen molar-refractivity contribution in [3.63, 3.8) is 0 Å². The third kappa shape index (κ3) is 3.13. The molecule has 0 aromatic heterocycles. The normalized spacial score (nSPS) is 11.5. The van der Waals surface area contributed by atoms with E-state index in [4.69, 9.17) is 15.9 Å². The number of nitrogens with two attached hydrogens (primary N) is 1. The second-order valence-corrected chi connectivity index (χ2v) is 2.54. The minimum Gasteiger partial charge on any atom is -0.353 e. The summed E-state index contributed by atoms with van der Waals surface area (Å²) in [5.74, 6) is -2.10. The van der Waals surface area contributed by atoms with E-state index in [0.29, 0.717) is 0 Å². The van der Waals surface area contributed by atoms with E-state index in [0.717, 1.165) is 5.56 Å². The fourth-order valence-electron chi connectivity index (χ4n) is 0.896. The molecule has 0 spiro atoms. The first-order valence-corrected chi connectivity index (χ1v) is 3.35. The maximum Gasteiger partial charge on any atom is 0.223 e. The molecule has 0 saturated heterocycles. The molecule has 0 aliphatic rings. The van der Waals surface area contributed by atoms with E-state index < -0.39 is 5.91 Å².